The predicted molar refractivity (Wildman–Crippen MR) is 66.5 cm³/mol. The van der Waals surface area contributed by atoms with Crippen LogP contribution >= 0.6 is 0 Å². The Kier molecular flexibility index (Phi) is 4.61. The van der Waals surface area contributed by atoms with Crippen LogP contribution < -0.4 is 11.1 Å². The fourth-order valence-electron chi connectivity index (χ4n) is 1.57. The average molecular weight is 226 g/mol. The first-order valence-electron chi connectivity index (χ1n) is 5.84. The van der Waals surface area contributed by atoms with Crippen LogP contribution in [0.1, 0.15) is 32.4 Å². The number of nitrogens with zero attached hydrogens (tertiary/aromatic N) is 2. The van der Waals surface area contributed by atoms with E-state index in [2.05, 4.69) is 10.4 Å². The highest BCUT2D eigenvalue weighted by molar-refractivity contribution is 5.64. The standard InChI is InChI=1S/C11H22N4O/c1-4-9(16)6-7-13-11-10(12)8(3)14-15(11)5-2/h9,13,16H,4-7,12H2,1-3H3. The van der Waals surface area contributed by atoms with Crippen molar-refractivity contribution < 1.29 is 5.11 Å². The molecule has 0 aliphatic heterocycles. The fourth-order valence-corrected chi connectivity index (χ4v) is 1.57. The highest BCUT2D eigenvalue weighted by Gasteiger charge is 2.11. The molecule has 1 heterocycles. The molecule has 0 aliphatic rings. The van der Waals surface area contributed by atoms with E-state index < -0.39 is 0 Å². The van der Waals surface area contributed by atoms with Gasteiger partial charge in [-0.3, -0.25) is 0 Å². The van der Waals surface area contributed by atoms with Gasteiger partial charge in [0.15, 0.2) is 0 Å². The van der Waals surface area contributed by atoms with Crippen molar-refractivity contribution in [1.82, 2.24) is 9.78 Å². The Hall–Kier alpha value is -1.23. The molecule has 1 aromatic heterocycles. The zero-order valence-electron chi connectivity index (χ0n) is 10.3. The fraction of sp³-hybridized carbons (Fsp3) is 0.727. The number of aliphatic hydroxyl groups excluding tert-OH is 1. The van der Waals surface area contributed by atoms with Gasteiger partial charge in [-0.15, -0.1) is 0 Å². The van der Waals surface area contributed by atoms with E-state index in [0.29, 0.717) is 12.2 Å². The van der Waals surface area contributed by atoms with Crippen molar-refractivity contribution in [2.24, 2.45) is 0 Å². The second-order valence-corrected chi connectivity index (χ2v) is 3.94. The summed E-state index contributed by atoms with van der Waals surface area (Å²) in [7, 11) is 0. The molecule has 5 heteroatoms. The normalized spacial score (nSPS) is 12.8. The maximum Gasteiger partial charge on any atom is 0.148 e. The molecule has 4 N–H and O–H groups in total. The number of rotatable bonds is 6. The summed E-state index contributed by atoms with van der Waals surface area (Å²) in [6, 6.07) is 0. The lowest BCUT2D eigenvalue weighted by molar-refractivity contribution is 0.164. The van der Waals surface area contributed by atoms with E-state index in [1.807, 2.05) is 25.5 Å². The van der Waals surface area contributed by atoms with Crippen LogP contribution in [0.15, 0.2) is 0 Å². The van der Waals surface area contributed by atoms with Gasteiger partial charge in [0, 0.05) is 13.1 Å². The van der Waals surface area contributed by atoms with Crippen LogP contribution in [-0.2, 0) is 6.54 Å². The molecule has 0 spiro atoms. The van der Waals surface area contributed by atoms with Crippen LogP contribution in [0.4, 0.5) is 11.5 Å². The first-order chi connectivity index (χ1) is 7.60. The molecular weight excluding hydrogens is 204 g/mol. The van der Waals surface area contributed by atoms with Crippen LogP contribution in [-0.4, -0.2) is 27.5 Å². The van der Waals surface area contributed by atoms with Crippen molar-refractivity contribution in [3.05, 3.63) is 5.69 Å². The Labute approximate surface area is 96.6 Å². The number of nitrogen functional groups attached to an aromatic ring is 1. The molecule has 5 nitrogen and oxygen atoms in total. The minimum absolute atomic E-state index is 0.243. The number of aromatic nitrogens is 2. The number of aryl methyl sites for hydroxylation is 2. The Morgan fingerprint density at radius 1 is 1.50 bits per heavy atom. The van der Waals surface area contributed by atoms with Gasteiger partial charge >= 0.3 is 0 Å². The minimum atomic E-state index is -0.243. The molecule has 16 heavy (non-hydrogen) atoms. The predicted octanol–water partition coefficient (Wildman–Crippen LogP) is 1.37. The van der Waals surface area contributed by atoms with Crippen LogP contribution in [0.25, 0.3) is 0 Å². The van der Waals surface area contributed by atoms with E-state index in [1.54, 1.807) is 0 Å². The first-order valence-corrected chi connectivity index (χ1v) is 5.84. The van der Waals surface area contributed by atoms with E-state index in [4.69, 9.17) is 5.73 Å². The van der Waals surface area contributed by atoms with Gasteiger partial charge in [-0.1, -0.05) is 6.92 Å². The maximum atomic E-state index is 9.44. The summed E-state index contributed by atoms with van der Waals surface area (Å²) < 4.78 is 1.85. The summed E-state index contributed by atoms with van der Waals surface area (Å²) >= 11 is 0. The summed E-state index contributed by atoms with van der Waals surface area (Å²) in [6.07, 6.45) is 1.26. The molecule has 0 amide bonds. The van der Waals surface area contributed by atoms with Crippen LogP contribution in [0, 0.1) is 6.92 Å². The quantitative estimate of drug-likeness (QED) is 0.684. The van der Waals surface area contributed by atoms with E-state index in [9.17, 15) is 5.11 Å². The van der Waals surface area contributed by atoms with E-state index in [0.717, 1.165) is 30.9 Å². The third kappa shape index (κ3) is 2.88. The molecule has 0 saturated carbocycles. The minimum Gasteiger partial charge on any atom is -0.394 e. The number of nitrogens with two attached hydrogens (primary N) is 1. The summed E-state index contributed by atoms with van der Waals surface area (Å²) in [5, 5.41) is 17.0. The van der Waals surface area contributed by atoms with Crippen LogP contribution in [0.3, 0.4) is 0 Å². The van der Waals surface area contributed by atoms with Crippen LogP contribution in [0.2, 0.25) is 0 Å². The molecule has 0 aliphatic carbocycles. The van der Waals surface area contributed by atoms with Gasteiger partial charge in [-0.25, -0.2) is 4.68 Å². The van der Waals surface area contributed by atoms with Gasteiger partial charge in [-0.2, -0.15) is 5.10 Å². The lowest BCUT2D eigenvalue weighted by Gasteiger charge is -2.11. The van der Waals surface area contributed by atoms with Crippen molar-refractivity contribution in [1.29, 1.82) is 0 Å². The van der Waals surface area contributed by atoms with Gasteiger partial charge in [0.2, 0.25) is 0 Å². The molecule has 1 atom stereocenters. The van der Waals surface area contributed by atoms with Crippen molar-refractivity contribution in [3.63, 3.8) is 0 Å². The number of hydrogen-bond donors (Lipinski definition) is 3. The Bertz CT molecular complexity index is 335. The highest BCUT2D eigenvalue weighted by atomic mass is 16.3. The SMILES string of the molecule is CCC(O)CCNc1c(N)c(C)nn1CC. The number of aliphatic hydroxyl groups is 1. The van der Waals surface area contributed by atoms with Crippen molar-refractivity contribution in [2.75, 3.05) is 17.6 Å². The largest absolute Gasteiger partial charge is 0.394 e. The lowest BCUT2D eigenvalue weighted by atomic mass is 10.2. The highest BCUT2D eigenvalue weighted by Crippen LogP contribution is 2.21. The summed E-state index contributed by atoms with van der Waals surface area (Å²) in [4.78, 5) is 0. The molecule has 0 bridgehead atoms. The average Bonchev–Trinajstić information content (AvgIpc) is 2.56. The maximum absolute atomic E-state index is 9.44. The summed E-state index contributed by atoms with van der Waals surface area (Å²) in [5.41, 5.74) is 7.47. The van der Waals surface area contributed by atoms with Gasteiger partial charge in [0.05, 0.1) is 17.5 Å². The Morgan fingerprint density at radius 3 is 2.75 bits per heavy atom. The topological polar surface area (TPSA) is 76.1 Å². The van der Waals surface area contributed by atoms with E-state index >= 15 is 0 Å². The third-order valence-corrected chi connectivity index (χ3v) is 2.71. The zero-order valence-corrected chi connectivity index (χ0v) is 10.3. The second kappa shape index (κ2) is 5.75. The molecular formula is C11H22N4O. The van der Waals surface area contributed by atoms with E-state index in [1.165, 1.54) is 0 Å². The number of nitrogens with one attached hydrogen (secondary N) is 1. The van der Waals surface area contributed by atoms with Crippen molar-refractivity contribution in [2.45, 2.75) is 46.3 Å². The van der Waals surface area contributed by atoms with Gasteiger partial charge in [0.25, 0.3) is 0 Å². The summed E-state index contributed by atoms with van der Waals surface area (Å²) in [6.45, 7) is 7.39. The zero-order chi connectivity index (χ0) is 12.1. The number of hydrogen-bond acceptors (Lipinski definition) is 4. The molecule has 0 radical (unpaired) electrons. The van der Waals surface area contributed by atoms with Crippen molar-refractivity contribution >= 4 is 11.5 Å². The number of anilines is 2. The van der Waals surface area contributed by atoms with E-state index in [-0.39, 0.29) is 6.10 Å². The van der Waals surface area contributed by atoms with Crippen LogP contribution in [0.5, 0.6) is 0 Å². The monoisotopic (exact) mass is 226 g/mol. The molecule has 1 rings (SSSR count). The smallest absolute Gasteiger partial charge is 0.148 e. The van der Waals surface area contributed by atoms with Crippen molar-refractivity contribution in [3.8, 4) is 0 Å². The van der Waals surface area contributed by atoms with Gasteiger partial charge in [0.1, 0.15) is 5.82 Å². The Balaban J connectivity index is 2.59. The molecule has 92 valence electrons. The first kappa shape index (κ1) is 12.8. The molecule has 1 unspecified atom stereocenters. The molecule has 1 aromatic rings. The lowest BCUT2D eigenvalue weighted by Crippen LogP contribution is -2.15. The summed E-state index contributed by atoms with van der Waals surface area (Å²) in [5.74, 6) is 0.864. The second-order valence-electron chi connectivity index (χ2n) is 3.94. The Morgan fingerprint density at radius 2 is 2.19 bits per heavy atom. The molecule has 0 saturated heterocycles. The molecule has 0 fully saturated rings. The molecule has 0 aromatic carbocycles. The van der Waals surface area contributed by atoms with Gasteiger partial charge in [-0.05, 0) is 26.7 Å². The third-order valence-electron chi connectivity index (χ3n) is 2.71. The van der Waals surface area contributed by atoms with Gasteiger partial charge < -0.3 is 16.2 Å².